The quantitative estimate of drug-likeness (QED) is 0.594. The first-order valence-electron chi connectivity index (χ1n) is 8.60. The molecule has 1 aliphatic heterocycles. The molecule has 0 bridgehead atoms. The van der Waals surface area contributed by atoms with E-state index in [1.54, 1.807) is 0 Å². The number of amides is 1. The zero-order valence-corrected chi connectivity index (χ0v) is 15.3. The molecular weight excluding hydrogens is 304 g/mol. The molecule has 0 fully saturated rings. The number of fused-ring (bicyclic) bond motifs is 1. The number of carbonyl (C=O) groups excluding carboxylic acids is 2. The van der Waals surface area contributed by atoms with Crippen LogP contribution < -0.4 is 9.64 Å². The highest BCUT2D eigenvalue weighted by Gasteiger charge is 2.27. The first kappa shape index (κ1) is 18.3. The van der Waals surface area contributed by atoms with Crippen LogP contribution in [0.3, 0.4) is 0 Å². The SMILES string of the molecule is Cc1ccc2c(c1)OC(=O)CN2CC(=O)N(CC(C)C)CC(C)C. The van der Waals surface area contributed by atoms with Crippen LogP contribution in [-0.4, -0.2) is 43.0 Å². The van der Waals surface area contributed by atoms with Crippen LogP contribution in [0.2, 0.25) is 0 Å². The van der Waals surface area contributed by atoms with Gasteiger partial charge in [0, 0.05) is 13.1 Å². The molecular formula is C19H28N2O3. The van der Waals surface area contributed by atoms with Gasteiger partial charge < -0.3 is 14.5 Å². The van der Waals surface area contributed by atoms with E-state index < -0.39 is 0 Å². The van der Waals surface area contributed by atoms with E-state index in [9.17, 15) is 9.59 Å². The van der Waals surface area contributed by atoms with Crippen molar-refractivity contribution in [3.05, 3.63) is 23.8 Å². The third kappa shape index (κ3) is 4.73. The second kappa shape index (κ2) is 7.69. The van der Waals surface area contributed by atoms with Crippen LogP contribution in [0.4, 0.5) is 5.69 Å². The van der Waals surface area contributed by atoms with Gasteiger partial charge in [-0.05, 0) is 36.5 Å². The van der Waals surface area contributed by atoms with E-state index in [4.69, 9.17) is 4.74 Å². The number of anilines is 1. The van der Waals surface area contributed by atoms with Gasteiger partial charge in [-0.1, -0.05) is 33.8 Å². The summed E-state index contributed by atoms with van der Waals surface area (Å²) in [6.07, 6.45) is 0. The molecule has 0 spiro atoms. The molecule has 1 amide bonds. The molecule has 132 valence electrons. The van der Waals surface area contributed by atoms with Crippen molar-refractivity contribution >= 4 is 17.6 Å². The fraction of sp³-hybridized carbons (Fsp3) is 0.579. The Kier molecular flexibility index (Phi) is 5.86. The van der Waals surface area contributed by atoms with E-state index in [0.29, 0.717) is 17.6 Å². The molecule has 0 unspecified atom stereocenters. The fourth-order valence-electron chi connectivity index (χ4n) is 2.92. The number of esters is 1. The van der Waals surface area contributed by atoms with Gasteiger partial charge in [-0.3, -0.25) is 4.79 Å². The maximum atomic E-state index is 12.8. The Balaban J connectivity index is 2.16. The molecule has 5 nitrogen and oxygen atoms in total. The van der Waals surface area contributed by atoms with Gasteiger partial charge in [-0.2, -0.15) is 0 Å². The van der Waals surface area contributed by atoms with Crippen LogP contribution in [0.25, 0.3) is 0 Å². The topological polar surface area (TPSA) is 49.9 Å². The summed E-state index contributed by atoms with van der Waals surface area (Å²) in [6.45, 7) is 12.2. The minimum Gasteiger partial charge on any atom is -0.423 e. The molecule has 0 radical (unpaired) electrons. The van der Waals surface area contributed by atoms with Crippen molar-refractivity contribution < 1.29 is 14.3 Å². The van der Waals surface area contributed by atoms with Crippen LogP contribution in [0.1, 0.15) is 33.3 Å². The molecule has 0 N–H and O–H groups in total. The summed E-state index contributed by atoms with van der Waals surface area (Å²) in [7, 11) is 0. The van der Waals surface area contributed by atoms with E-state index in [1.807, 2.05) is 34.9 Å². The standard InChI is InChI=1S/C19H28N2O3/c1-13(2)9-21(10-14(3)4)18(22)11-20-12-19(23)24-17-8-15(5)6-7-16(17)20/h6-8,13-14H,9-12H2,1-5H3. The van der Waals surface area contributed by atoms with Crippen LogP contribution in [0.15, 0.2) is 18.2 Å². The Morgan fingerprint density at radius 1 is 1.21 bits per heavy atom. The van der Waals surface area contributed by atoms with Gasteiger partial charge in [0.25, 0.3) is 0 Å². The highest BCUT2D eigenvalue weighted by molar-refractivity contribution is 5.89. The van der Waals surface area contributed by atoms with Gasteiger partial charge in [-0.25, -0.2) is 4.79 Å². The summed E-state index contributed by atoms with van der Waals surface area (Å²) >= 11 is 0. The van der Waals surface area contributed by atoms with E-state index in [0.717, 1.165) is 24.3 Å². The molecule has 0 aliphatic carbocycles. The number of rotatable bonds is 6. The molecule has 0 aromatic heterocycles. The predicted molar refractivity (Wildman–Crippen MR) is 95.3 cm³/mol. The maximum Gasteiger partial charge on any atom is 0.331 e. The van der Waals surface area contributed by atoms with Crippen molar-refractivity contribution in [1.82, 2.24) is 4.90 Å². The number of carbonyl (C=O) groups is 2. The largest absolute Gasteiger partial charge is 0.423 e. The lowest BCUT2D eigenvalue weighted by Crippen LogP contribution is -2.46. The number of ether oxygens (including phenoxy) is 1. The molecule has 1 aliphatic rings. The monoisotopic (exact) mass is 332 g/mol. The summed E-state index contributed by atoms with van der Waals surface area (Å²) in [5.41, 5.74) is 1.83. The van der Waals surface area contributed by atoms with Gasteiger partial charge in [0.15, 0.2) is 5.75 Å². The predicted octanol–water partition coefficient (Wildman–Crippen LogP) is 2.86. The van der Waals surface area contributed by atoms with E-state index in [-0.39, 0.29) is 25.0 Å². The average molecular weight is 332 g/mol. The first-order chi connectivity index (χ1) is 11.3. The zero-order valence-electron chi connectivity index (χ0n) is 15.3. The lowest BCUT2D eigenvalue weighted by Gasteiger charge is -2.33. The van der Waals surface area contributed by atoms with Crippen molar-refractivity contribution in [2.75, 3.05) is 31.1 Å². The Bertz CT molecular complexity index is 601. The highest BCUT2D eigenvalue weighted by atomic mass is 16.5. The minimum atomic E-state index is -0.319. The smallest absolute Gasteiger partial charge is 0.331 e. The lowest BCUT2D eigenvalue weighted by molar-refractivity contribution is -0.134. The third-order valence-electron chi connectivity index (χ3n) is 3.85. The third-order valence-corrected chi connectivity index (χ3v) is 3.85. The number of aryl methyl sites for hydroxylation is 1. The Hall–Kier alpha value is -2.04. The lowest BCUT2D eigenvalue weighted by atomic mass is 10.1. The van der Waals surface area contributed by atoms with Crippen molar-refractivity contribution in [3.63, 3.8) is 0 Å². The first-order valence-corrected chi connectivity index (χ1v) is 8.60. The average Bonchev–Trinajstić information content (AvgIpc) is 2.44. The molecule has 2 rings (SSSR count). The molecule has 0 saturated carbocycles. The van der Waals surface area contributed by atoms with Crippen molar-refractivity contribution in [2.45, 2.75) is 34.6 Å². The molecule has 0 saturated heterocycles. The summed E-state index contributed by atoms with van der Waals surface area (Å²) in [4.78, 5) is 28.4. The van der Waals surface area contributed by atoms with Crippen molar-refractivity contribution in [3.8, 4) is 5.75 Å². The van der Waals surface area contributed by atoms with Crippen LogP contribution >= 0.6 is 0 Å². The van der Waals surface area contributed by atoms with Gasteiger partial charge in [0.1, 0.15) is 6.54 Å². The van der Waals surface area contributed by atoms with E-state index >= 15 is 0 Å². The van der Waals surface area contributed by atoms with Crippen molar-refractivity contribution in [1.29, 1.82) is 0 Å². The van der Waals surface area contributed by atoms with Gasteiger partial charge in [0.05, 0.1) is 12.2 Å². The Morgan fingerprint density at radius 3 is 2.42 bits per heavy atom. The molecule has 1 aromatic carbocycles. The van der Waals surface area contributed by atoms with Gasteiger partial charge in [0.2, 0.25) is 5.91 Å². The fourth-order valence-corrected chi connectivity index (χ4v) is 2.92. The summed E-state index contributed by atoms with van der Waals surface area (Å²) < 4.78 is 5.31. The molecule has 0 atom stereocenters. The molecule has 5 heteroatoms. The molecule has 1 aromatic rings. The number of hydrogen-bond donors (Lipinski definition) is 0. The Labute approximate surface area is 144 Å². The summed E-state index contributed by atoms with van der Waals surface area (Å²) in [5, 5.41) is 0. The molecule has 1 heterocycles. The summed E-state index contributed by atoms with van der Waals surface area (Å²) in [5.74, 6) is 1.10. The number of benzene rings is 1. The maximum absolute atomic E-state index is 12.8. The second-order valence-corrected chi connectivity index (χ2v) is 7.39. The van der Waals surface area contributed by atoms with E-state index in [2.05, 4.69) is 27.7 Å². The van der Waals surface area contributed by atoms with E-state index in [1.165, 1.54) is 0 Å². The van der Waals surface area contributed by atoms with Gasteiger partial charge in [-0.15, -0.1) is 0 Å². The summed E-state index contributed by atoms with van der Waals surface area (Å²) in [6, 6.07) is 5.72. The second-order valence-electron chi connectivity index (χ2n) is 7.39. The minimum absolute atomic E-state index is 0.0543. The van der Waals surface area contributed by atoms with Crippen molar-refractivity contribution in [2.24, 2.45) is 11.8 Å². The van der Waals surface area contributed by atoms with Crippen LogP contribution in [0, 0.1) is 18.8 Å². The van der Waals surface area contributed by atoms with Crippen LogP contribution in [0.5, 0.6) is 5.75 Å². The van der Waals surface area contributed by atoms with Crippen LogP contribution in [-0.2, 0) is 9.59 Å². The molecule has 24 heavy (non-hydrogen) atoms. The number of nitrogens with zero attached hydrogens (tertiary/aromatic N) is 2. The number of hydrogen-bond acceptors (Lipinski definition) is 4. The normalized spacial score (nSPS) is 14.0. The zero-order chi connectivity index (χ0) is 17.9. The Morgan fingerprint density at radius 2 is 1.83 bits per heavy atom. The van der Waals surface area contributed by atoms with Gasteiger partial charge >= 0.3 is 5.97 Å². The highest BCUT2D eigenvalue weighted by Crippen LogP contribution is 2.32.